The Morgan fingerprint density at radius 1 is 1.18 bits per heavy atom. The predicted octanol–water partition coefficient (Wildman–Crippen LogP) is 4.27. The van der Waals surface area contributed by atoms with Crippen LogP contribution in [-0.4, -0.2) is 6.04 Å². The number of benzene rings is 1. The highest BCUT2D eigenvalue weighted by Gasteiger charge is 2.23. The smallest absolute Gasteiger partial charge is 0.0378 e. The molecule has 1 aliphatic heterocycles. The zero-order valence-electron chi connectivity index (χ0n) is 11.6. The van der Waals surface area contributed by atoms with Crippen molar-refractivity contribution in [3.8, 4) is 0 Å². The second-order valence-corrected chi connectivity index (χ2v) is 6.22. The monoisotopic (exact) mass is 231 g/mol. The summed E-state index contributed by atoms with van der Waals surface area (Å²) in [5, 5.41) is 3.68. The Morgan fingerprint density at radius 2 is 1.94 bits per heavy atom. The van der Waals surface area contributed by atoms with E-state index >= 15 is 0 Å². The van der Waals surface area contributed by atoms with Crippen molar-refractivity contribution in [2.75, 3.05) is 5.32 Å². The van der Waals surface area contributed by atoms with Gasteiger partial charge in [-0.1, -0.05) is 39.8 Å². The molecule has 0 aliphatic carbocycles. The molecule has 17 heavy (non-hydrogen) atoms. The first kappa shape index (κ1) is 12.5. The van der Waals surface area contributed by atoms with Crippen LogP contribution in [0.1, 0.15) is 45.2 Å². The summed E-state index contributed by atoms with van der Waals surface area (Å²) in [5.74, 6) is 1.51. The molecule has 1 aliphatic rings. The summed E-state index contributed by atoms with van der Waals surface area (Å²) in [7, 11) is 0. The quantitative estimate of drug-likeness (QED) is 0.816. The van der Waals surface area contributed by atoms with Gasteiger partial charge in [-0.3, -0.25) is 0 Å². The molecular formula is C16H25N. The molecule has 1 nitrogen and oxygen atoms in total. The third kappa shape index (κ3) is 3.02. The van der Waals surface area contributed by atoms with Gasteiger partial charge in [-0.2, -0.15) is 0 Å². The van der Waals surface area contributed by atoms with Gasteiger partial charge < -0.3 is 5.32 Å². The summed E-state index contributed by atoms with van der Waals surface area (Å²) in [6, 6.07) is 7.39. The van der Waals surface area contributed by atoms with Crippen molar-refractivity contribution >= 4 is 5.69 Å². The van der Waals surface area contributed by atoms with Gasteiger partial charge in [0, 0.05) is 11.7 Å². The molecule has 1 atom stereocenters. The second kappa shape index (κ2) is 5.12. The Hall–Kier alpha value is -0.980. The number of nitrogens with one attached hydrogen (secondary N) is 1. The molecule has 0 aromatic heterocycles. The minimum absolute atomic E-state index is 0.651. The van der Waals surface area contributed by atoms with E-state index in [1.165, 1.54) is 24.9 Å². The van der Waals surface area contributed by atoms with E-state index < -0.39 is 0 Å². The maximum absolute atomic E-state index is 3.68. The summed E-state index contributed by atoms with van der Waals surface area (Å²) in [4.78, 5) is 0. The maximum Gasteiger partial charge on any atom is 0.0378 e. The van der Waals surface area contributed by atoms with Crippen LogP contribution in [0.4, 0.5) is 5.69 Å². The van der Waals surface area contributed by atoms with Crippen LogP contribution in [0.15, 0.2) is 18.2 Å². The Balaban J connectivity index is 2.14. The molecule has 94 valence electrons. The minimum Gasteiger partial charge on any atom is -0.382 e. The van der Waals surface area contributed by atoms with Crippen LogP contribution in [0, 0.1) is 11.8 Å². The fraction of sp³-hybridized carbons (Fsp3) is 0.625. The van der Waals surface area contributed by atoms with Crippen LogP contribution >= 0.6 is 0 Å². The molecule has 1 heteroatoms. The highest BCUT2D eigenvalue weighted by Crippen LogP contribution is 2.32. The molecule has 1 unspecified atom stereocenters. The zero-order chi connectivity index (χ0) is 12.4. The van der Waals surface area contributed by atoms with E-state index in [0.29, 0.717) is 6.04 Å². The van der Waals surface area contributed by atoms with Crippen LogP contribution in [0.3, 0.4) is 0 Å². The van der Waals surface area contributed by atoms with Gasteiger partial charge in [-0.25, -0.2) is 0 Å². The molecular weight excluding hydrogens is 206 g/mol. The molecule has 0 amide bonds. The molecule has 1 N–H and O–H groups in total. The number of rotatable bonds is 4. The average Bonchev–Trinajstić information content (AvgIpc) is 2.59. The Morgan fingerprint density at radius 3 is 2.59 bits per heavy atom. The van der Waals surface area contributed by atoms with Crippen LogP contribution < -0.4 is 5.32 Å². The lowest BCUT2D eigenvalue weighted by Gasteiger charge is -2.13. The van der Waals surface area contributed by atoms with Crippen molar-refractivity contribution in [3.05, 3.63) is 29.3 Å². The molecule has 1 aromatic rings. The van der Waals surface area contributed by atoms with Gasteiger partial charge in [0.1, 0.15) is 0 Å². The van der Waals surface area contributed by atoms with E-state index in [-0.39, 0.29) is 0 Å². The first-order valence-electron chi connectivity index (χ1n) is 6.93. The van der Waals surface area contributed by atoms with Gasteiger partial charge in [0.05, 0.1) is 0 Å². The van der Waals surface area contributed by atoms with E-state index in [9.17, 15) is 0 Å². The maximum atomic E-state index is 3.68. The van der Waals surface area contributed by atoms with Crippen molar-refractivity contribution in [3.63, 3.8) is 0 Å². The molecule has 0 saturated heterocycles. The predicted molar refractivity (Wildman–Crippen MR) is 75.6 cm³/mol. The van der Waals surface area contributed by atoms with Crippen molar-refractivity contribution in [2.45, 2.75) is 53.0 Å². The first-order valence-corrected chi connectivity index (χ1v) is 6.93. The van der Waals surface area contributed by atoms with Gasteiger partial charge in [-0.15, -0.1) is 0 Å². The van der Waals surface area contributed by atoms with Gasteiger partial charge in [0.2, 0.25) is 0 Å². The van der Waals surface area contributed by atoms with Gasteiger partial charge in [0.25, 0.3) is 0 Å². The topological polar surface area (TPSA) is 12.0 Å². The minimum atomic E-state index is 0.651. The lowest BCUT2D eigenvalue weighted by atomic mass is 9.94. The normalized spacial score (nSPS) is 18.6. The van der Waals surface area contributed by atoms with Crippen LogP contribution in [0.5, 0.6) is 0 Å². The van der Waals surface area contributed by atoms with Gasteiger partial charge >= 0.3 is 0 Å². The molecule has 1 aromatic carbocycles. The van der Waals surface area contributed by atoms with Gasteiger partial charge in [-0.05, 0) is 48.3 Å². The molecule has 0 radical (unpaired) electrons. The summed E-state index contributed by atoms with van der Waals surface area (Å²) < 4.78 is 0. The van der Waals surface area contributed by atoms with Crippen LogP contribution in [-0.2, 0) is 12.8 Å². The number of fused-ring (bicyclic) bond motifs is 1. The first-order chi connectivity index (χ1) is 8.06. The standard InChI is InChI=1S/C16H25N/c1-11(2)8-13-6-5-7-16-15(13)10-14(17-16)9-12(3)4/h5-7,11-12,14,17H,8-10H2,1-4H3. The van der Waals surface area contributed by atoms with Crippen molar-refractivity contribution in [2.24, 2.45) is 11.8 Å². The summed E-state index contributed by atoms with van der Waals surface area (Å²) >= 11 is 0. The Labute approximate surface area is 106 Å². The van der Waals surface area contributed by atoms with Crippen molar-refractivity contribution < 1.29 is 0 Å². The largest absolute Gasteiger partial charge is 0.382 e. The third-order valence-electron chi connectivity index (χ3n) is 3.47. The zero-order valence-corrected chi connectivity index (χ0v) is 11.6. The Bertz CT molecular complexity index is 379. The summed E-state index contributed by atoms with van der Waals surface area (Å²) in [5.41, 5.74) is 4.51. The lowest BCUT2D eigenvalue weighted by Crippen LogP contribution is -2.17. The fourth-order valence-corrected chi connectivity index (χ4v) is 2.87. The molecule has 0 bridgehead atoms. The molecule has 0 saturated carbocycles. The van der Waals surface area contributed by atoms with E-state index in [1.807, 2.05) is 0 Å². The van der Waals surface area contributed by atoms with Crippen LogP contribution in [0.2, 0.25) is 0 Å². The number of hydrogen-bond donors (Lipinski definition) is 1. The third-order valence-corrected chi connectivity index (χ3v) is 3.47. The highest BCUT2D eigenvalue weighted by atomic mass is 14.9. The van der Waals surface area contributed by atoms with Crippen LogP contribution in [0.25, 0.3) is 0 Å². The molecule has 2 rings (SSSR count). The highest BCUT2D eigenvalue weighted by molar-refractivity contribution is 5.60. The lowest BCUT2D eigenvalue weighted by molar-refractivity contribution is 0.525. The summed E-state index contributed by atoms with van der Waals surface area (Å²) in [6.07, 6.45) is 3.70. The van der Waals surface area contributed by atoms with E-state index in [0.717, 1.165) is 11.8 Å². The summed E-state index contributed by atoms with van der Waals surface area (Å²) in [6.45, 7) is 9.21. The second-order valence-electron chi connectivity index (χ2n) is 6.22. The average molecular weight is 231 g/mol. The number of anilines is 1. The van der Waals surface area contributed by atoms with E-state index in [4.69, 9.17) is 0 Å². The Kier molecular flexibility index (Phi) is 3.76. The fourth-order valence-electron chi connectivity index (χ4n) is 2.87. The van der Waals surface area contributed by atoms with E-state index in [1.54, 1.807) is 11.1 Å². The van der Waals surface area contributed by atoms with Gasteiger partial charge in [0.15, 0.2) is 0 Å². The van der Waals surface area contributed by atoms with E-state index in [2.05, 4.69) is 51.2 Å². The SMILES string of the molecule is CC(C)Cc1cccc2c1CC(CC(C)C)N2. The molecule has 0 spiro atoms. The van der Waals surface area contributed by atoms with Crippen molar-refractivity contribution in [1.82, 2.24) is 0 Å². The number of hydrogen-bond acceptors (Lipinski definition) is 1. The molecule has 1 heterocycles. The van der Waals surface area contributed by atoms with Crippen molar-refractivity contribution in [1.29, 1.82) is 0 Å². The molecule has 0 fully saturated rings.